The van der Waals surface area contributed by atoms with Gasteiger partial charge in [0.25, 0.3) is 11.8 Å². The molecule has 4 aromatic rings. The van der Waals surface area contributed by atoms with Crippen LogP contribution >= 0.6 is 11.6 Å². The van der Waals surface area contributed by atoms with E-state index in [-0.39, 0.29) is 29.8 Å². The van der Waals surface area contributed by atoms with Crippen LogP contribution in [0.2, 0.25) is 5.02 Å². The summed E-state index contributed by atoms with van der Waals surface area (Å²) in [6.07, 6.45) is 5.53. The molecular weight excluding hydrogens is 660 g/mol. The largest absolute Gasteiger partial charge is 0.490 e. The van der Waals surface area contributed by atoms with Crippen molar-refractivity contribution in [3.05, 3.63) is 101 Å². The van der Waals surface area contributed by atoms with E-state index >= 15 is 8.78 Å². The van der Waals surface area contributed by atoms with Crippen molar-refractivity contribution in [1.29, 1.82) is 0 Å². The fourth-order valence-electron chi connectivity index (χ4n) is 7.98. The lowest BCUT2D eigenvalue weighted by molar-refractivity contribution is -0.155. The van der Waals surface area contributed by atoms with Crippen molar-refractivity contribution in [3.63, 3.8) is 0 Å². The summed E-state index contributed by atoms with van der Waals surface area (Å²) >= 11 is 6.02. The van der Waals surface area contributed by atoms with Crippen molar-refractivity contribution in [2.75, 3.05) is 7.05 Å². The molecule has 2 saturated heterocycles. The number of ether oxygens (including phenoxy) is 1. The summed E-state index contributed by atoms with van der Waals surface area (Å²) in [6, 6.07) is 20.9. The second-order valence-corrected chi connectivity index (χ2v) is 14.4. The molecule has 262 valence electrons. The monoisotopic (exact) mass is 701 g/mol. The fraction of sp³-hybridized carbons (Fsp3) is 0.400. The Balaban J connectivity index is 1.14. The van der Waals surface area contributed by atoms with Crippen molar-refractivity contribution < 1.29 is 28.2 Å². The highest BCUT2D eigenvalue weighted by atomic mass is 35.5. The van der Waals surface area contributed by atoms with Crippen LogP contribution in [0.5, 0.6) is 5.75 Å². The van der Waals surface area contributed by atoms with Gasteiger partial charge < -0.3 is 25.4 Å². The molecule has 4 aromatic carbocycles. The van der Waals surface area contributed by atoms with Gasteiger partial charge in [-0.15, -0.1) is 0 Å². The van der Waals surface area contributed by atoms with Gasteiger partial charge in [0, 0.05) is 28.7 Å². The number of alkyl halides is 2. The van der Waals surface area contributed by atoms with Crippen LogP contribution in [-0.4, -0.2) is 59.1 Å². The lowest BCUT2D eigenvalue weighted by Crippen LogP contribution is -2.61. The first-order valence-corrected chi connectivity index (χ1v) is 17.9. The quantitative estimate of drug-likeness (QED) is 0.159. The third-order valence-corrected chi connectivity index (χ3v) is 11.0. The molecule has 7 rings (SSSR count). The molecule has 0 aromatic heterocycles. The zero-order valence-electron chi connectivity index (χ0n) is 28.0. The minimum atomic E-state index is -3.79. The van der Waals surface area contributed by atoms with Crippen molar-refractivity contribution in [2.45, 2.75) is 93.7 Å². The number of rotatable bonds is 10. The van der Waals surface area contributed by atoms with Crippen molar-refractivity contribution in [1.82, 2.24) is 15.5 Å². The number of fused-ring (bicyclic) bond motifs is 3. The second kappa shape index (κ2) is 14.3. The number of carbonyl (C=O) groups is 2. The number of aliphatic hydroxyl groups is 1. The number of halogens is 3. The SMILES string of the molecule is CNC1CC2CCC(C1)N2C(=O)[C@H](NC(=O)[C@@H](O)c1ccc2cc(OC3CCCC3)ccc2c1)C(F)(F)c1ccc(-c2ccc(Cl)cc2)cc1. The minimum Gasteiger partial charge on any atom is -0.490 e. The van der Waals surface area contributed by atoms with Gasteiger partial charge >= 0.3 is 5.92 Å². The molecular formula is C40H42ClF2N3O4. The van der Waals surface area contributed by atoms with Gasteiger partial charge in [0.15, 0.2) is 12.1 Å². The lowest BCUT2D eigenvalue weighted by Gasteiger charge is -2.42. The highest BCUT2D eigenvalue weighted by Crippen LogP contribution is 2.40. The summed E-state index contributed by atoms with van der Waals surface area (Å²) in [6.45, 7) is 0. The van der Waals surface area contributed by atoms with Crippen LogP contribution in [0.1, 0.15) is 68.6 Å². The number of aliphatic hydroxyl groups excluding tert-OH is 1. The average molecular weight is 702 g/mol. The Labute approximate surface area is 296 Å². The molecule has 0 radical (unpaired) electrons. The molecule has 3 aliphatic rings. The van der Waals surface area contributed by atoms with E-state index in [0.717, 1.165) is 47.8 Å². The summed E-state index contributed by atoms with van der Waals surface area (Å²) in [7, 11) is 1.86. The maximum atomic E-state index is 16.7. The second-order valence-electron chi connectivity index (χ2n) is 13.9. The van der Waals surface area contributed by atoms with E-state index in [1.165, 1.54) is 12.1 Å². The normalized spacial score (nSPS) is 22.0. The minimum absolute atomic E-state index is 0.186. The van der Waals surface area contributed by atoms with E-state index in [1.54, 1.807) is 59.5 Å². The molecule has 50 heavy (non-hydrogen) atoms. The maximum Gasteiger partial charge on any atom is 0.302 e. The van der Waals surface area contributed by atoms with Gasteiger partial charge in [-0.2, -0.15) is 8.78 Å². The zero-order chi connectivity index (χ0) is 35.0. The molecule has 2 heterocycles. The van der Waals surface area contributed by atoms with E-state index in [4.69, 9.17) is 16.3 Å². The van der Waals surface area contributed by atoms with Crippen LogP contribution in [0.4, 0.5) is 8.78 Å². The molecule has 1 aliphatic carbocycles. The first-order chi connectivity index (χ1) is 24.1. The Bertz CT molecular complexity index is 1830. The predicted octanol–water partition coefficient (Wildman–Crippen LogP) is 7.53. The van der Waals surface area contributed by atoms with Crippen LogP contribution in [0.3, 0.4) is 0 Å². The Morgan fingerprint density at radius 1 is 0.860 bits per heavy atom. The number of hydrogen-bond donors (Lipinski definition) is 3. The van der Waals surface area contributed by atoms with Crippen molar-refractivity contribution in [3.8, 4) is 16.9 Å². The molecule has 2 unspecified atom stereocenters. The summed E-state index contributed by atoms with van der Waals surface area (Å²) in [5.41, 5.74) is 1.31. The van der Waals surface area contributed by atoms with E-state index in [0.29, 0.717) is 36.3 Å². The summed E-state index contributed by atoms with van der Waals surface area (Å²) in [5, 5.41) is 19.0. The Hall–Kier alpha value is -4.05. The Morgan fingerprint density at radius 2 is 1.46 bits per heavy atom. The van der Waals surface area contributed by atoms with E-state index in [1.807, 2.05) is 25.2 Å². The molecule has 3 N–H and O–H groups in total. The van der Waals surface area contributed by atoms with E-state index in [2.05, 4.69) is 10.6 Å². The maximum absolute atomic E-state index is 16.7. The molecule has 7 nitrogen and oxygen atoms in total. The van der Waals surface area contributed by atoms with Gasteiger partial charge in [-0.05, 0) is 116 Å². The van der Waals surface area contributed by atoms with Gasteiger partial charge in [-0.3, -0.25) is 9.59 Å². The van der Waals surface area contributed by atoms with Crippen LogP contribution < -0.4 is 15.4 Å². The van der Waals surface area contributed by atoms with E-state index in [9.17, 15) is 14.7 Å². The standard InChI is InChI=1S/C40H42ClF2N3O4/c1-44-31-22-32-17-18-33(23-31)46(32)39(49)37(40(42,43)29-13-8-24(9-14-29)25-10-15-30(41)16-11-25)45-38(48)36(47)28-7-6-27-21-35(19-12-26(27)20-28)50-34-4-2-3-5-34/h6-16,19-21,31-34,36-37,44,47H,2-5,17-18,22-23H2,1H3,(H,45,48)/t31?,32?,33?,36-,37-/m0/s1. The third kappa shape index (κ3) is 6.96. The van der Waals surface area contributed by atoms with Gasteiger partial charge in [0.1, 0.15) is 5.75 Å². The smallest absolute Gasteiger partial charge is 0.302 e. The highest BCUT2D eigenvalue weighted by Gasteiger charge is 2.53. The number of carbonyl (C=O) groups excluding carboxylic acids is 2. The number of nitrogens with zero attached hydrogens (tertiary/aromatic N) is 1. The predicted molar refractivity (Wildman–Crippen MR) is 190 cm³/mol. The molecule has 4 atom stereocenters. The molecule has 10 heteroatoms. The van der Waals surface area contributed by atoms with E-state index < -0.39 is 35.4 Å². The Morgan fingerprint density at radius 3 is 2.10 bits per heavy atom. The average Bonchev–Trinajstić information content (AvgIpc) is 3.74. The van der Waals surface area contributed by atoms with Crippen LogP contribution in [0.15, 0.2) is 84.9 Å². The topological polar surface area (TPSA) is 90.9 Å². The first-order valence-electron chi connectivity index (χ1n) is 17.5. The molecule has 2 aliphatic heterocycles. The van der Waals surface area contributed by atoms with Crippen LogP contribution in [0, 0.1) is 0 Å². The molecule has 0 spiro atoms. The lowest BCUT2D eigenvalue weighted by atomic mass is 9.93. The Kier molecular flexibility index (Phi) is 9.83. The number of nitrogens with one attached hydrogen (secondary N) is 2. The first kappa shape index (κ1) is 34.4. The van der Waals surface area contributed by atoms with Crippen LogP contribution in [0.25, 0.3) is 21.9 Å². The molecule has 1 saturated carbocycles. The summed E-state index contributed by atoms with van der Waals surface area (Å²) in [5.74, 6) is -4.94. The van der Waals surface area contributed by atoms with Gasteiger partial charge in [-0.1, -0.05) is 66.2 Å². The van der Waals surface area contributed by atoms with Crippen LogP contribution in [-0.2, 0) is 15.5 Å². The number of piperidine rings is 1. The molecule has 2 amide bonds. The third-order valence-electron chi connectivity index (χ3n) is 10.7. The zero-order valence-corrected chi connectivity index (χ0v) is 28.7. The molecule has 2 bridgehead atoms. The van der Waals surface area contributed by atoms with Gasteiger partial charge in [-0.25, -0.2) is 0 Å². The van der Waals surface area contributed by atoms with Gasteiger partial charge in [0.2, 0.25) is 0 Å². The summed E-state index contributed by atoms with van der Waals surface area (Å²) < 4.78 is 39.4. The number of hydrogen-bond acceptors (Lipinski definition) is 5. The van der Waals surface area contributed by atoms with Crippen molar-refractivity contribution >= 4 is 34.2 Å². The van der Waals surface area contributed by atoms with Crippen molar-refractivity contribution in [2.24, 2.45) is 0 Å². The number of amides is 2. The number of benzene rings is 4. The van der Waals surface area contributed by atoms with Gasteiger partial charge in [0.05, 0.1) is 6.10 Å². The fourth-order valence-corrected chi connectivity index (χ4v) is 8.11. The molecule has 3 fully saturated rings. The summed E-state index contributed by atoms with van der Waals surface area (Å²) in [4.78, 5) is 29.4. The highest BCUT2D eigenvalue weighted by molar-refractivity contribution is 6.30.